The van der Waals surface area contributed by atoms with E-state index in [4.69, 9.17) is 5.73 Å². The number of nitrogens with two attached hydrogens (primary N) is 1. The molecular formula is C14H23BrN2S. The summed E-state index contributed by atoms with van der Waals surface area (Å²) in [4.78, 5) is 3.89. The van der Waals surface area contributed by atoms with Crippen LogP contribution in [-0.4, -0.2) is 23.5 Å². The summed E-state index contributed by atoms with van der Waals surface area (Å²) < 4.78 is 1.16. The molecule has 1 aromatic rings. The highest BCUT2D eigenvalue weighted by Gasteiger charge is 2.38. The van der Waals surface area contributed by atoms with Gasteiger partial charge >= 0.3 is 0 Å². The minimum Gasteiger partial charge on any atom is -0.322 e. The maximum atomic E-state index is 6.60. The molecule has 2 unspecified atom stereocenters. The van der Waals surface area contributed by atoms with Crippen LogP contribution >= 0.6 is 27.3 Å². The van der Waals surface area contributed by atoms with Gasteiger partial charge in [0, 0.05) is 14.9 Å². The van der Waals surface area contributed by atoms with Crippen LogP contribution in [0.25, 0.3) is 0 Å². The quantitative estimate of drug-likeness (QED) is 0.897. The molecule has 0 amide bonds. The molecule has 4 heteroatoms. The lowest BCUT2D eigenvalue weighted by Gasteiger charge is -2.46. The highest BCUT2D eigenvalue weighted by Crippen LogP contribution is 2.39. The number of piperidine rings is 1. The molecule has 2 atom stereocenters. The van der Waals surface area contributed by atoms with E-state index in [1.165, 1.54) is 37.2 Å². The van der Waals surface area contributed by atoms with E-state index in [-0.39, 0.29) is 11.6 Å². The molecule has 0 spiro atoms. The van der Waals surface area contributed by atoms with Gasteiger partial charge in [-0.2, -0.15) is 0 Å². The second-order valence-electron chi connectivity index (χ2n) is 5.37. The maximum Gasteiger partial charge on any atom is 0.0585 e. The number of likely N-dealkylation sites (tertiary alicyclic amines) is 1. The zero-order valence-corrected chi connectivity index (χ0v) is 13.7. The Morgan fingerprint density at radius 3 is 2.61 bits per heavy atom. The van der Waals surface area contributed by atoms with Gasteiger partial charge in [0.1, 0.15) is 0 Å². The Bertz CT molecular complexity index is 387. The van der Waals surface area contributed by atoms with Gasteiger partial charge in [0.05, 0.1) is 6.04 Å². The number of hydrogen-bond acceptors (Lipinski definition) is 3. The highest BCUT2D eigenvalue weighted by molar-refractivity contribution is 9.10. The lowest BCUT2D eigenvalue weighted by atomic mass is 9.85. The largest absolute Gasteiger partial charge is 0.322 e. The molecule has 18 heavy (non-hydrogen) atoms. The predicted molar refractivity (Wildman–Crippen MR) is 83.1 cm³/mol. The third-order valence-electron chi connectivity index (χ3n) is 4.39. The molecule has 0 radical (unpaired) electrons. The molecule has 2 nitrogen and oxygen atoms in total. The zero-order chi connectivity index (χ0) is 13.2. The van der Waals surface area contributed by atoms with E-state index in [0.717, 1.165) is 10.9 Å². The second kappa shape index (κ2) is 6.04. The van der Waals surface area contributed by atoms with E-state index in [1.54, 1.807) is 11.3 Å². The third kappa shape index (κ3) is 2.67. The molecule has 1 saturated heterocycles. The van der Waals surface area contributed by atoms with Gasteiger partial charge in [-0.1, -0.05) is 13.3 Å². The van der Waals surface area contributed by atoms with Crippen molar-refractivity contribution in [1.82, 2.24) is 4.90 Å². The molecule has 1 aliphatic heterocycles. The van der Waals surface area contributed by atoms with Gasteiger partial charge in [0.2, 0.25) is 0 Å². The van der Waals surface area contributed by atoms with Crippen LogP contribution in [0.3, 0.4) is 0 Å². The monoisotopic (exact) mass is 330 g/mol. The first kappa shape index (κ1) is 14.5. The molecule has 2 rings (SSSR count). The average molecular weight is 331 g/mol. The summed E-state index contributed by atoms with van der Waals surface area (Å²) in [5.41, 5.74) is 6.68. The van der Waals surface area contributed by atoms with E-state index in [9.17, 15) is 0 Å². The summed E-state index contributed by atoms with van der Waals surface area (Å²) in [6.45, 7) is 6.98. The van der Waals surface area contributed by atoms with Gasteiger partial charge in [-0.15, -0.1) is 11.3 Å². The van der Waals surface area contributed by atoms with Gasteiger partial charge in [-0.05, 0) is 66.7 Å². The molecule has 1 fully saturated rings. The van der Waals surface area contributed by atoms with Crippen LogP contribution in [0.4, 0.5) is 0 Å². The molecule has 0 saturated carbocycles. The van der Waals surface area contributed by atoms with Crippen molar-refractivity contribution in [3.8, 4) is 0 Å². The molecule has 0 aliphatic carbocycles. The van der Waals surface area contributed by atoms with Crippen LogP contribution in [0.15, 0.2) is 15.9 Å². The van der Waals surface area contributed by atoms with E-state index < -0.39 is 0 Å². The number of nitrogens with zero attached hydrogens (tertiary/aromatic N) is 1. The minimum atomic E-state index is 0.0772. The second-order valence-corrected chi connectivity index (χ2v) is 7.17. The molecule has 0 aromatic carbocycles. The fourth-order valence-corrected chi connectivity index (χ4v) is 4.62. The van der Waals surface area contributed by atoms with Crippen LogP contribution in [0.5, 0.6) is 0 Å². The molecule has 102 valence electrons. The Morgan fingerprint density at radius 2 is 2.11 bits per heavy atom. The Morgan fingerprint density at radius 1 is 1.44 bits per heavy atom. The fraction of sp³-hybridized carbons (Fsp3) is 0.714. The number of thiophene rings is 1. The van der Waals surface area contributed by atoms with Gasteiger partial charge in [-0.3, -0.25) is 4.90 Å². The summed E-state index contributed by atoms with van der Waals surface area (Å²) in [6, 6.07) is 2.20. The lowest BCUT2D eigenvalue weighted by molar-refractivity contribution is 0.0550. The van der Waals surface area contributed by atoms with Crippen molar-refractivity contribution >= 4 is 27.3 Å². The van der Waals surface area contributed by atoms with Crippen LogP contribution < -0.4 is 5.73 Å². The van der Waals surface area contributed by atoms with Crippen LogP contribution in [0.2, 0.25) is 0 Å². The maximum absolute atomic E-state index is 6.60. The topological polar surface area (TPSA) is 29.3 Å². The summed E-state index contributed by atoms with van der Waals surface area (Å²) in [6.07, 6.45) is 5.09. The van der Waals surface area contributed by atoms with Crippen molar-refractivity contribution in [3.63, 3.8) is 0 Å². The number of rotatable bonds is 4. The summed E-state index contributed by atoms with van der Waals surface area (Å²) >= 11 is 5.39. The van der Waals surface area contributed by atoms with E-state index in [2.05, 4.69) is 46.1 Å². The normalized spacial score (nSPS) is 22.7. The van der Waals surface area contributed by atoms with Crippen LogP contribution in [0, 0.1) is 0 Å². The molecule has 1 aliphatic rings. The van der Waals surface area contributed by atoms with Crippen molar-refractivity contribution in [3.05, 3.63) is 20.8 Å². The highest BCUT2D eigenvalue weighted by atomic mass is 79.9. The Kier molecular flexibility index (Phi) is 4.86. The first-order chi connectivity index (χ1) is 8.59. The molecule has 2 N–H and O–H groups in total. The van der Waals surface area contributed by atoms with Gasteiger partial charge in [0.15, 0.2) is 0 Å². The summed E-state index contributed by atoms with van der Waals surface area (Å²) in [5.74, 6) is 0. The Balaban J connectivity index is 2.22. The van der Waals surface area contributed by atoms with E-state index >= 15 is 0 Å². The summed E-state index contributed by atoms with van der Waals surface area (Å²) in [7, 11) is 0. The van der Waals surface area contributed by atoms with E-state index in [0.29, 0.717) is 0 Å². The van der Waals surface area contributed by atoms with Crippen molar-refractivity contribution in [1.29, 1.82) is 0 Å². The standard InChI is InChI=1S/C14H23BrN2S/c1-3-14(2,17-8-5-4-6-9-17)13(16)12-11(15)7-10-18-12/h7,10,13H,3-6,8-9,16H2,1-2H3. The molecular weight excluding hydrogens is 308 g/mol. The first-order valence-electron chi connectivity index (χ1n) is 6.83. The minimum absolute atomic E-state index is 0.0772. The third-order valence-corrected chi connectivity index (χ3v) is 6.35. The molecule has 0 bridgehead atoms. The van der Waals surface area contributed by atoms with Crippen molar-refractivity contribution < 1.29 is 0 Å². The van der Waals surface area contributed by atoms with Gasteiger partial charge in [0.25, 0.3) is 0 Å². The fourth-order valence-electron chi connectivity index (χ4n) is 2.85. The Hall–Kier alpha value is 0.1000. The van der Waals surface area contributed by atoms with Crippen molar-refractivity contribution in [2.75, 3.05) is 13.1 Å². The van der Waals surface area contributed by atoms with E-state index in [1.807, 2.05) is 0 Å². The summed E-state index contributed by atoms with van der Waals surface area (Å²) in [5, 5.41) is 2.12. The van der Waals surface area contributed by atoms with Gasteiger partial charge in [-0.25, -0.2) is 0 Å². The molecule has 1 aromatic heterocycles. The molecule has 2 heterocycles. The van der Waals surface area contributed by atoms with Gasteiger partial charge < -0.3 is 5.73 Å². The lowest BCUT2D eigenvalue weighted by Crippen LogP contribution is -2.54. The van der Waals surface area contributed by atoms with Crippen molar-refractivity contribution in [2.45, 2.75) is 51.1 Å². The first-order valence-corrected chi connectivity index (χ1v) is 8.50. The zero-order valence-electron chi connectivity index (χ0n) is 11.3. The predicted octanol–water partition coefficient (Wildman–Crippen LogP) is 4.17. The van der Waals surface area contributed by atoms with Crippen molar-refractivity contribution in [2.24, 2.45) is 5.73 Å². The van der Waals surface area contributed by atoms with Crippen LogP contribution in [0.1, 0.15) is 50.4 Å². The Labute approximate surface area is 123 Å². The van der Waals surface area contributed by atoms with Crippen LogP contribution in [-0.2, 0) is 0 Å². The number of hydrogen-bond donors (Lipinski definition) is 1. The smallest absolute Gasteiger partial charge is 0.0585 e. The number of halogens is 1. The SMILES string of the molecule is CCC(C)(C(N)c1sccc1Br)N1CCCCC1. The average Bonchev–Trinajstić information content (AvgIpc) is 2.84.